The fourth-order valence-corrected chi connectivity index (χ4v) is 3.44. The summed E-state index contributed by atoms with van der Waals surface area (Å²) in [6.07, 6.45) is 1.13. The Morgan fingerprint density at radius 1 is 0.889 bits per heavy atom. The van der Waals surface area contributed by atoms with Crippen LogP contribution >= 0.6 is 22.6 Å². The third kappa shape index (κ3) is 3.15. The molecule has 1 aliphatic rings. The maximum atomic E-state index is 2.44. The van der Waals surface area contributed by atoms with Crippen LogP contribution in [0, 0.1) is 3.57 Å². The molecule has 0 N–H and O–H groups in total. The van der Waals surface area contributed by atoms with Crippen molar-refractivity contribution < 1.29 is 61.9 Å². The summed E-state index contributed by atoms with van der Waals surface area (Å²) in [6.45, 7) is 0. The van der Waals surface area contributed by atoms with Crippen LogP contribution in [-0.4, -0.2) is 0 Å². The summed E-state index contributed by atoms with van der Waals surface area (Å²) in [5, 5.41) is 0. The van der Waals surface area contributed by atoms with Crippen LogP contribution < -0.4 is 40.5 Å². The second kappa shape index (κ2) is 7.64. The molecule has 3 rings (SSSR count). The predicted octanol–water partition coefficient (Wildman–Crippen LogP) is -5.95. The zero-order chi connectivity index (χ0) is 10.4. The van der Waals surface area contributed by atoms with Crippen molar-refractivity contribution in [3.8, 4) is 11.1 Å². The van der Waals surface area contributed by atoms with Gasteiger partial charge in [0.1, 0.15) is 0 Å². The molecule has 92 valence electrons. The Hall–Kier alpha value is 0.923. The molecule has 18 heavy (non-hydrogen) atoms. The number of fused-ring (bicyclic) bond motifs is 3. The molecule has 5 heteroatoms. The normalized spacial score (nSPS) is 10.4. The van der Waals surface area contributed by atoms with Crippen molar-refractivity contribution >= 4 is 25.9 Å². The van der Waals surface area contributed by atoms with E-state index in [1.165, 1.54) is 48.3 Å². The predicted molar refractivity (Wildman–Crippen MR) is 67.0 cm³/mol. The number of rotatable bonds is 0. The molecule has 0 nitrogen and oxygen atoms in total. The Balaban J connectivity index is 0.000000963. The third-order valence-corrected chi connectivity index (χ3v) is 6.49. The zero-order valence-electron chi connectivity index (χ0n) is 9.18. The Morgan fingerprint density at radius 3 is 2.28 bits per heavy atom. The first-order valence-electron chi connectivity index (χ1n) is 4.88. The molecule has 0 aromatic heterocycles. The Labute approximate surface area is 155 Å². The molecule has 0 saturated heterocycles. The van der Waals surface area contributed by atoms with Crippen LogP contribution in [0.5, 0.6) is 0 Å². The van der Waals surface area contributed by atoms with E-state index >= 15 is 0 Å². The summed E-state index contributed by atoms with van der Waals surface area (Å²) >= 11 is 3.97. The molecule has 0 fully saturated rings. The van der Waals surface area contributed by atoms with Gasteiger partial charge in [-0.15, -0.1) is 0 Å². The molecule has 0 saturated carbocycles. The average molecular weight is 489 g/mol. The van der Waals surface area contributed by atoms with Crippen molar-refractivity contribution in [2.45, 2.75) is 6.42 Å². The monoisotopic (exact) mass is 486 g/mol. The first-order chi connectivity index (χ1) is 7.27. The van der Waals surface area contributed by atoms with E-state index in [0.29, 0.717) is 0 Å². The number of hydrogen-bond donors (Lipinski definition) is 0. The summed E-state index contributed by atoms with van der Waals surface area (Å²) in [6, 6.07) is 13.3. The van der Waals surface area contributed by atoms with Crippen molar-refractivity contribution in [2.75, 3.05) is 0 Å². The molecule has 0 atom stereocenters. The summed E-state index contributed by atoms with van der Waals surface area (Å²) in [4.78, 5) is 0. The number of hydrogen-bond acceptors (Lipinski definition) is 0. The molecule has 2 aromatic rings. The van der Waals surface area contributed by atoms with E-state index < -0.39 is 0 Å². The van der Waals surface area contributed by atoms with Gasteiger partial charge in [-0.2, -0.15) is 0 Å². The van der Waals surface area contributed by atoms with Gasteiger partial charge in [0.15, 0.2) is 0 Å². The average Bonchev–Trinajstić information content (AvgIpc) is 2.63. The second-order valence-corrected chi connectivity index (χ2v) is 6.17. The Morgan fingerprint density at radius 2 is 1.56 bits per heavy atom. The quantitative estimate of drug-likeness (QED) is 0.277. The van der Waals surface area contributed by atoms with Crippen LogP contribution in [0.4, 0.5) is 0 Å². The molecule has 0 aliphatic heterocycles. The van der Waals surface area contributed by atoms with Gasteiger partial charge in [-0.25, -0.2) is 0 Å². The number of benzene rings is 2. The van der Waals surface area contributed by atoms with Crippen molar-refractivity contribution in [1.82, 2.24) is 0 Å². The molecule has 2 aromatic carbocycles. The van der Waals surface area contributed by atoms with Gasteiger partial charge in [-0.05, 0) is 0 Å². The van der Waals surface area contributed by atoms with Gasteiger partial charge in [-0.3, -0.25) is 0 Å². The standard InChI is InChI=1S/C13H8I.3ClH.Zr/c14-11-5-6-13-10(8-11)7-9-3-1-2-4-12(9)13;;;;/h1-6H,7H2;3*1H;/q;;;;+3/p-3. The summed E-state index contributed by atoms with van der Waals surface area (Å²) in [5.74, 6) is 0. The topological polar surface area (TPSA) is 0 Å². The minimum absolute atomic E-state index is 0. The molecular weight excluding hydrogens is 481 g/mol. The van der Waals surface area contributed by atoms with Gasteiger partial charge in [-0.1, -0.05) is 0 Å². The van der Waals surface area contributed by atoms with Crippen LogP contribution in [0.1, 0.15) is 11.1 Å². The third-order valence-electron chi connectivity index (χ3n) is 2.94. The first kappa shape index (κ1) is 18.9. The first-order valence-corrected chi connectivity index (χ1v) is 7.19. The Bertz CT molecular complexity index is 558. The van der Waals surface area contributed by atoms with Crippen LogP contribution in [0.3, 0.4) is 0 Å². The molecule has 0 heterocycles. The molecule has 0 spiro atoms. The summed E-state index contributed by atoms with van der Waals surface area (Å²) in [5.41, 5.74) is 5.94. The molecule has 1 aliphatic carbocycles. The van der Waals surface area contributed by atoms with Crippen LogP contribution in [0.15, 0.2) is 36.4 Å². The van der Waals surface area contributed by atoms with E-state index in [4.69, 9.17) is 0 Å². The van der Waals surface area contributed by atoms with E-state index in [0.717, 1.165) is 6.42 Å². The van der Waals surface area contributed by atoms with Crippen LogP contribution in [0.25, 0.3) is 11.1 Å². The van der Waals surface area contributed by atoms with Gasteiger partial charge in [0.2, 0.25) is 0 Å². The fraction of sp³-hybridized carbons (Fsp3) is 0.0769. The van der Waals surface area contributed by atoms with Gasteiger partial charge in [0.25, 0.3) is 0 Å². The van der Waals surface area contributed by atoms with Gasteiger partial charge >= 0.3 is 119 Å². The van der Waals surface area contributed by atoms with Crippen molar-refractivity contribution in [1.29, 1.82) is 0 Å². The molecule has 0 bridgehead atoms. The van der Waals surface area contributed by atoms with Crippen LogP contribution in [0.2, 0.25) is 0 Å². The van der Waals surface area contributed by atoms with Gasteiger partial charge in [0.05, 0.1) is 0 Å². The summed E-state index contributed by atoms with van der Waals surface area (Å²) in [7, 11) is 0. The van der Waals surface area contributed by atoms with E-state index in [1.54, 1.807) is 5.56 Å². The van der Waals surface area contributed by atoms with Crippen molar-refractivity contribution in [3.63, 3.8) is 0 Å². The second-order valence-electron chi connectivity index (χ2n) is 3.78. The Kier molecular flexibility index (Phi) is 8.03. The van der Waals surface area contributed by atoms with Crippen molar-refractivity contribution in [2.24, 2.45) is 0 Å². The molecule has 0 unspecified atom stereocenters. The van der Waals surface area contributed by atoms with E-state index in [2.05, 4.69) is 59.0 Å². The SMILES string of the molecule is [Cl-].[Cl-].[Cl-].[Zr+3][c]1c(I)ccc2c1Cc1ccccc1-2. The zero-order valence-corrected chi connectivity index (χ0v) is 16.1. The molecule has 0 amide bonds. The van der Waals surface area contributed by atoms with Crippen molar-refractivity contribution in [3.05, 3.63) is 51.1 Å². The minimum atomic E-state index is 0. The van der Waals surface area contributed by atoms with Gasteiger partial charge < -0.3 is 37.2 Å². The molecular formula is C13H8Cl3IZr. The fourth-order valence-electron chi connectivity index (χ4n) is 2.18. The van der Waals surface area contributed by atoms with E-state index in [-0.39, 0.29) is 37.2 Å². The van der Waals surface area contributed by atoms with Crippen LogP contribution in [-0.2, 0) is 31.1 Å². The van der Waals surface area contributed by atoms with Gasteiger partial charge in [0, 0.05) is 0 Å². The van der Waals surface area contributed by atoms with E-state index in [9.17, 15) is 0 Å². The number of halogens is 4. The summed E-state index contributed by atoms with van der Waals surface area (Å²) < 4.78 is 2.95. The van der Waals surface area contributed by atoms with E-state index in [1.807, 2.05) is 0 Å². The maximum absolute atomic E-state index is 2.44. The molecule has 0 radical (unpaired) electrons.